The third-order valence-electron chi connectivity index (χ3n) is 2.74. The van der Waals surface area contributed by atoms with Crippen molar-refractivity contribution >= 4 is 17.2 Å². The molecule has 1 heterocycles. The Balaban J connectivity index is 2.05. The van der Waals surface area contributed by atoms with Crippen molar-refractivity contribution in [3.63, 3.8) is 0 Å². The lowest BCUT2D eigenvalue weighted by Gasteiger charge is -2.07. The predicted octanol–water partition coefficient (Wildman–Crippen LogP) is 2.65. The van der Waals surface area contributed by atoms with E-state index in [0.29, 0.717) is 6.54 Å². The molecule has 0 radical (unpaired) electrons. The maximum Gasteiger partial charge on any atom is 0.259 e. The summed E-state index contributed by atoms with van der Waals surface area (Å²) in [7, 11) is 0. The fourth-order valence-corrected chi connectivity index (χ4v) is 2.62. The molecule has 19 heavy (non-hydrogen) atoms. The van der Waals surface area contributed by atoms with Crippen LogP contribution in [-0.2, 0) is 13.0 Å². The van der Waals surface area contributed by atoms with Gasteiger partial charge in [-0.1, -0.05) is 13.0 Å². The van der Waals surface area contributed by atoms with Crippen molar-refractivity contribution in [1.29, 1.82) is 0 Å². The van der Waals surface area contributed by atoms with Crippen LogP contribution in [0.25, 0.3) is 0 Å². The summed E-state index contributed by atoms with van der Waals surface area (Å²) >= 11 is 1.64. The Morgan fingerprint density at radius 1 is 1.16 bits per heavy atom. The number of benzene rings is 1. The van der Waals surface area contributed by atoms with E-state index in [1.807, 2.05) is 12.1 Å². The molecule has 1 aromatic heterocycles. The molecule has 0 spiro atoms. The standard InChI is InChI=1S/C14H15NO3S/c1-2-9-6-7-10(19-9)8-15-14(18)13-11(16)4-3-5-12(13)17/h3-7,16-17H,2,8H2,1H3,(H,15,18). The maximum absolute atomic E-state index is 11.9. The van der Waals surface area contributed by atoms with Crippen molar-refractivity contribution in [3.05, 3.63) is 45.6 Å². The quantitative estimate of drug-likeness (QED) is 0.804. The van der Waals surface area contributed by atoms with E-state index in [0.717, 1.165) is 11.3 Å². The second kappa shape index (κ2) is 5.75. The molecule has 0 aliphatic heterocycles. The Morgan fingerprint density at radius 3 is 2.37 bits per heavy atom. The van der Waals surface area contributed by atoms with Crippen molar-refractivity contribution < 1.29 is 15.0 Å². The Bertz CT molecular complexity index is 572. The smallest absolute Gasteiger partial charge is 0.259 e. The van der Waals surface area contributed by atoms with E-state index in [1.165, 1.54) is 23.1 Å². The van der Waals surface area contributed by atoms with Crippen molar-refractivity contribution in [3.8, 4) is 11.5 Å². The number of hydrogen-bond donors (Lipinski definition) is 3. The zero-order chi connectivity index (χ0) is 13.8. The van der Waals surface area contributed by atoms with Gasteiger partial charge in [0.05, 0.1) is 6.54 Å². The average Bonchev–Trinajstić information content (AvgIpc) is 2.84. The van der Waals surface area contributed by atoms with Crippen molar-refractivity contribution in [2.45, 2.75) is 19.9 Å². The summed E-state index contributed by atoms with van der Waals surface area (Å²) in [5.74, 6) is -0.932. The molecule has 3 N–H and O–H groups in total. The number of rotatable bonds is 4. The lowest BCUT2D eigenvalue weighted by molar-refractivity contribution is 0.0946. The third kappa shape index (κ3) is 3.06. The molecule has 0 unspecified atom stereocenters. The van der Waals surface area contributed by atoms with Crippen molar-refractivity contribution in [1.82, 2.24) is 5.32 Å². The molecular formula is C14H15NO3S. The normalized spacial score (nSPS) is 10.4. The van der Waals surface area contributed by atoms with Crippen molar-refractivity contribution in [2.75, 3.05) is 0 Å². The number of amides is 1. The van der Waals surface area contributed by atoms with Gasteiger partial charge in [0.2, 0.25) is 0 Å². The number of phenols is 2. The first-order valence-electron chi connectivity index (χ1n) is 5.98. The number of aromatic hydroxyl groups is 2. The SMILES string of the molecule is CCc1ccc(CNC(=O)c2c(O)cccc2O)s1. The lowest BCUT2D eigenvalue weighted by atomic mass is 10.1. The van der Waals surface area contributed by atoms with Crippen molar-refractivity contribution in [2.24, 2.45) is 0 Å². The predicted molar refractivity (Wildman–Crippen MR) is 74.6 cm³/mol. The van der Waals surface area contributed by atoms with Gasteiger partial charge in [-0.05, 0) is 30.7 Å². The number of hydrogen-bond acceptors (Lipinski definition) is 4. The topological polar surface area (TPSA) is 69.6 Å². The first-order valence-corrected chi connectivity index (χ1v) is 6.80. The number of nitrogens with one attached hydrogen (secondary N) is 1. The molecule has 1 amide bonds. The van der Waals surface area contributed by atoms with E-state index < -0.39 is 5.91 Å². The number of carbonyl (C=O) groups is 1. The Hall–Kier alpha value is -2.01. The van der Waals surface area contributed by atoms with E-state index in [4.69, 9.17) is 0 Å². The molecule has 0 saturated carbocycles. The van der Waals surface area contributed by atoms with Gasteiger partial charge >= 0.3 is 0 Å². The monoisotopic (exact) mass is 277 g/mol. The number of phenolic OH excluding ortho intramolecular Hbond substituents is 2. The summed E-state index contributed by atoms with van der Waals surface area (Å²) in [6, 6.07) is 8.22. The van der Waals surface area contributed by atoms with Crippen LogP contribution in [0, 0.1) is 0 Å². The number of carbonyl (C=O) groups excluding carboxylic acids is 1. The molecule has 0 aliphatic carbocycles. The highest BCUT2D eigenvalue weighted by Gasteiger charge is 2.15. The lowest BCUT2D eigenvalue weighted by Crippen LogP contribution is -2.22. The third-order valence-corrected chi connectivity index (χ3v) is 3.97. The Morgan fingerprint density at radius 2 is 1.79 bits per heavy atom. The van der Waals surface area contributed by atoms with E-state index in [9.17, 15) is 15.0 Å². The van der Waals surface area contributed by atoms with Gasteiger partial charge in [-0.2, -0.15) is 0 Å². The van der Waals surface area contributed by atoms with E-state index in [-0.39, 0.29) is 17.1 Å². The Kier molecular flexibility index (Phi) is 4.06. The maximum atomic E-state index is 11.9. The van der Waals surface area contributed by atoms with Gasteiger partial charge in [0.1, 0.15) is 17.1 Å². The highest BCUT2D eigenvalue weighted by Crippen LogP contribution is 2.26. The zero-order valence-electron chi connectivity index (χ0n) is 10.5. The number of aryl methyl sites for hydroxylation is 1. The molecule has 4 nitrogen and oxygen atoms in total. The molecule has 1 aromatic carbocycles. The van der Waals surface area contributed by atoms with Crippen LogP contribution < -0.4 is 5.32 Å². The molecule has 0 atom stereocenters. The summed E-state index contributed by atoms with van der Waals surface area (Å²) in [4.78, 5) is 14.2. The van der Waals surface area contributed by atoms with Crippen LogP contribution >= 0.6 is 11.3 Å². The van der Waals surface area contributed by atoms with E-state index in [2.05, 4.69) is 12.2 Å². The molecule has 2 aromatic rings. The highest BCUT2D eigenvalue weighted by atomic mass is 32.1. The molecular weight excluding hydrogens is 262 g/mol. The van der Waals surface area contributed by atoms with Gasteiger partial charge in [0, 0.05) is 9.75 Å². The summed E-state index contributed by atoms with van der Waals surface area (Å²) in [5.41, 5.74) is -0.0882. The Labute approximate surface area is 115 Å². The molecule has 100 valence electrons. The first-order chi connectivity index (χ1) is 9.11. The second-order valence-electron chi connectivity index (χ2n) is 4.08. The van der Waals surface area contributed by atoms with Gasteiger partial charge in [-0.15, -0.1) is 11.3 Å². The molecule has 0 aliphatic rings. The fourth-order valence-electron chi connectivity index (χ4n) is 1.72. The second-order valence-corrected chi connectivity index (χ2v) is 5.33. The van der Waals surface area contributed by atoms with Crippen LogP contribution in [0.3, 0.4) is 0 Å². The summed E-state index contributed by atoms with van der Waals surface area (Å²) in [5, 5.41) is 21.9. The number of thiophene rings is 1. The van der Waals surface area contributed by atoms with Gasteiger partial charge < -0.3 is 15.5 Å². The van der Waals surface area contributed by atoms with Crippen LogP contribution in [0.1, 0.15) is 27.0 Å². The molecule has 2 rings (SSSR count). The zero-order valence-corrected chi connectivity index (χ0v) is 11.3. The van der Waals surface area contributed by atoms with Crippen LogP contribution in [-0.4, -0.2) is 16.1 Å². The molecule has 0 bridgehead atoms. The minimum Gasteiger partial charge on any atom is -0.507 e. The molecule has 0 fully saturated rings. The summed E-state index contributed by atoms with van der Waals surface area (Å²) in [6.45, 7) is 2.46. The van der Waals surface area contributed by atoms with Crippen LogP contribution in [0.2, 0.25) is 0 Å². The fraction of sp³-hybridized carbons (Fsp3) is 0.214. The highest BCUT2D eigenvalue weighted by molar-refractivity contribution is 7.11. The minimum absolute atomic E-state index is 0.0882. The van der Waals surface area contributed by atoms with Crippen LogP contribution in [0.5, 0.6) is 11.5 Å². The largest absolute Gasteiger partial charge is 0.507 e. The van der Waals surface area contributed by atoms with E-state index in [1.54, 1.807) is 11.3 Å². The molecule has 5 heteroatoms. The summed E-state index contributed by atoms with van der Waals surface area (Å²) < 4.78 is 0. The van der Waals surface area contributed by atoms with Crippen LogP contribution in [0.15, 0.2) is 30.3 Å². The van der Waals surface area contributed by atoms with Gasteiger partial charge in [0.25, 0.3) is 5.91 Å². The first kappa shape index (κ1) is 13.4. The molecule has 0 saturated heterocycles. The average molecular weight is 277 g/mol. The van der Waals surface area contributed by atoms with E-state index >= 15 is 0 Å². The summed E-state index contributed by atoms with van der Waals surface area (Å²) in [6.07, 6.45) is 0.971. The van der Waals surface area contributed by atoms with Gasteiger partial charge in [-0.25, -0.2) is 0 Å². The van der Waals surface area contributed by atoms with Gasteiger partial charge in [-0.3, -0.25) is 4.79 Å². The van der Waals surface area contributed by atoms with Gasteiger partial charge in [0.15, 0.2) is 0 Å². The van der Waals surface area contributed by atoms with Crippen LogP contribution in [0.4, 0.5) is 0 Å². The minimum atomic E-state index is -0.484.